The van der Waals surface area contributed by atoms with E-state index in [0.29, 0.717) is 34.0 Å². The second-order valence-corrected chi connectivity index (χ2v) is 5.81. The van der Waals surface area contributed by atoms with Crippen LogP contribution < -0.4 is 23.8 Å². The van der Waals surface area contributed by atoms with E-state index in [1.807, 2.05) is 0 Å². The van der Waals surface area contributed by atoms with Crippen molar-refractivity contribution in [1.29, 1.82) is 0 Å². The van der Waals surface area contributed by atoms with E-state index in [9.17, 15) is 13.2 Å². The predicted octanol–water partition coefficient (Wildman–Crippen LogP) is 4.32. The van der Waals surface area contributed by atoms with Gasteiger partial charge in [0.2, 0.25) is 5.75 Å². The lowest BCUT2D eigenvalue weighted by molar-refractivity contribution is -0.274. The standard InChI is InChI=1S/C19H18F3N3O4/c1-25(12-7-5-6-8-13(12)29-19(20,21)22)18-15-11(23-10-24-18)9-14(26-2)16(27-3)17(15)28-4/h5-10H,1-4H3. The summed E-state index contributed by atoms with van der Waals surface area (Å²) >= 11 is 0. The van der Waals surface area contributed by atoms with Crippen molar-refractivity contribution in [3.05, 3.63) is 36.7 Å². The molecule has 29 heavy (non-hydrogen) atoms. The molecular formula is C19H18F3N3O4. The Balaban J connectivity index is 2.24. The van der Waals surface area contributed by atoms with Gasteiger partial charge in [0.25, 0.3) is 0 Å². The molecule has 0 saturated heterocycles. The summed E-state index contributed by atoms with van der Waals surface area (Å²) in [6.07, 6.45) is -3.54. The molecule has 3 aromatic rings. The average Bonchev–Trinajstić information content (AvgIpc) is 2.70. The SMILES string of the molecule is COc1cc2ncnc(N(C)c3ccccc3OC(F)(F)F)c2c(OC)c1OC. The lowest BCUT2D eigenvalue weighted by Crippen LogP contribution is -2.20. The van der Waals surface area contributed by atoms with E-state index in [2.05, 4.69) is 14.7 Å². The minimum atomic E-state index is -4.83. The summed E-state index contributed by atoms with van der Waals surface area (Å²) in [5, 5.41) is 0.442. The quantitative estimate of drug-likeness (QED) is 0.601. The Hall–Kier alpha value is -3.43. The van der Waals surface area contributed by atoms with Crippen LogP contribution in [0.2, 0.25) is 0 Å². The maximum absolute atomic E-state index is 12.8. The average molecular weight is 409 g/mol. The van der Waals surface area contributed by atoms with Gasteiger partial charge in [-0.1, -0.05) is 12.1 Å². The number of aromatic nitrogens is 2. The highest BCUT2D eigenvalue weighted by atomic mass is 19.4. The van der Waals surface area contributed by atoms with Crippen molar-refractivity contribution in [3.63, 3.8) is 0 Å². The molecule has 0 N–H and O–H groups in total. The zero-order valence-corrected chi connectivity index (χ0v) is 16.1. The first-order valence-corrected chi connectivity index (χ1v) is 8.33. The van der Waals surface area contributed by atoms with Gasteiger partial charge in [-0.3, -0.25) is 0 Å². The molecule has 0 amide bonds. The summed E-state index contributed by atoms with van der Waals surface area (Å²) in [6.45, 7) is 0. The van der Waals surface area contributed by atoms with Crippen LogP contribution in [0.4, 0.5) is 24.7 Å². The number of nitrogens with zero attached hydrogens (tertiary/aromatic N) is 3. The number of alkyl halides is 3. The predicted molar refractivity (Wildman–Crippen MR) is 100 cm³/mol. The lowest BCUT2D eigenvalue weighted by atomic mass is 10.1. The zero-order valence-electron chi connectivity index (χ0n) is 16.1. The van der Waals surface area contributed by atoms with E-state index < -0.39 is 6.36 Å². The van der Waals surface area contributed by atoms with Crippen LogP contribution in [0.25, 0.3) is 10.9 Å². The van der Waals surface area contributed by atoms with E-state index in [-0.39, 0.29) is 11.4 Å². The Morgan fingerprint density at radius 3 is 2.21 bits per heavy atom. The van der Waals surface area contributed by atoms with Gasteiger partial charge in [0.15, 0.2) is 17.2 Å². The van der Waals surface area contributed by atoms with Crippen LogP contribution in [0, 0.1) is 0 Å². The number of ether oxygens (including phenoxy) is 4. The Morgan fingerprint density at radius 2 is 1.59 bits per heavy atom. The summed E-state index contributed by atoms with van der Waals surface area (Å²) in [5.41, 5.74) is 0.618. The van der Waals surface area contributed by atoms with Crippen LogP contribution in [0.5, 0.6) is 23.0 Å². The molecule has 0 aliphatic carbocycles. The van der Waals surface area contributed by atoms with Crippen LogP contribution in [-0.4, -0.2) is 44.7 Å². The van der Waals surface area contributed by atoms with Gasteiger partial charge in [0.1, 0.15) is 12.1 Å². The van der Waals surface area contributed by atoms with Crippen LogP contribution in [-0.2, 0) is 0 Å². The molecule has 3 rings (SSSR count). The van der Waals surface area contributed by atoms with Crippen molar-refractivity contribution in [2.75, 3.05) is 33.3 Å². The van der Waals surface area contributed by atoms with Crippen molar-refractivity contribution in [3.8, 4) is 23.0 Å². The molecule has 154 valence electrons. The highest BCUT2D eigenvalue weighted by Gasteiger charge is 2.33. The van der Waals surface area contributed by atoms with Crippen LogP contribution in [0.15, 0.2) is 36.7 Å². The van der Waals surface area contributed by atoms with Crippen molar-refractivity contribution >= 4 is 22.4 Å². The summed E-state index contributed by atoms with van der Waals surface area (Å²) in [5.74, 6) is 0.926. The highest BCUT2D eigenvalue weighted by Crippen LogP contribution is 2.47. The fourth-order valence-corrected chi connectivity index (χ4v) is 2.99. The smallest absolute Gasteiger partial charge is 0.493 e. The summed E-state index contributed by atoms with van der Waals surface area (Å²) < 4.78 is 58.9. The number of para-hydroxylation sites is 2. The number of fused-ring (bicyclic) bond motifs is 1. The normalized spacial score (nSPS) is 11.3. The monoisotopic (exact) mass is 409 g/mol. The Kier molecular flexibility index (Phi) is 5.53. The fraction of sp³-hybridized carbons (Fsp3) is 0.263. The van der Waals surface area contributed by atoms with Crippen LogP contribution >= 0.6 is 0 Å². The largest absolute Gasteiger partial charge is 0.573 e. The maximum Gasteiger partial charge on any atom is 0.573 e. The van der Waals surface area contributed by atoms with Gasteiger partial charge in [-0.25, -0.2) is 9.97 Å². The third-order valence-electron chi connectivity index (χ3n) is 4.18. The van der Waals surface area contributed by atoms with Crippen LogP contribution in [0.3, 0.4) is 0 Å². The second-order valence-electron chi connectivity index (χ2n) is 5.81. The van der Waals surface area contributed by atoms with Gasteiger partial charge in [-0.15, -0.1) is 13.2 Å². The molecule has 0 bridgehead atoms. The Morgan fingerprint density at radius 1 is 0.897 bits per heavy atom. The third-order valence-corrected chi connectivity index (χ3v) is 4.18. The van der Waals surface area contributed by atoms with Crippen molar-refractivity contribution in [1.82, 2.24) is 9.97 Å². The molecule has 0 fully saturated rings. The number of halogens is 3. The Bertz CT molecular complexity index is 1030. The van der Waals surface area contributed by atoms with Gasteiger partial charge < -0.3 is 23.8 Å². The summed E-state index contributed by atoms with van der Waals surface area (Å²) in [6, 6.07) is 7.39. The van der Waals surface area contributed by atoms with E-state index in [4.69, 9.17) is 14.2 Å². The zero-order chi connectivity index (χ0) is 21.2. The van der Waals surface area contributed by atoms with Gasteiger partial charge in [-0.05, 0) is 12.1 Å². The number of hydrogen-bond acceptors (Lipinski definition) is 7. The first-order valence-electron chi connectivity index (χ1n) is 8.33. The van der Waals surface area contributed by atoms with Crippen LogP contribution in [0.1, 0.15) is 0 Å². The number of hydrogen-bond donors (Lipinski definition) is 0. The summed E-state index contributed by atoms with van der Waals surface area (Å²) in [4.78, 5) is 9.95. The number of benzene rings is 2. The molecule has 1 heterocycles. The molecular weight excluding hydrogens is 391 g/mol. The van der Waals surface area contributed by atoms with Crippen molar-refractivity contribution in [2.24, 2.45) is 0 Å². The molecule has 0 spiro atoms. The molecule has 0 atom stereocenters. The molecule has 0 unspecified atom stereocenters. The minimum Gasteiger partial charge on any atom is -0.493 e. The molecule has 0 aliphatic heterocycles. The first kappa shape index (κ1) is 20.3. The molecule has 2 aromatic carbocycles. The molecule has 1 aromatic heterocycles. The van der Waals surface area contributed by atoms with E-state index in [1.54, 1.807) is 19.2 Å². The van der Waals surface area contributed by atoms with Gasteiger partial charge in [-0.2, -0.15) is 0 Å². The molecule has 7 nitrogen and oxygen atoms in total. The summed E-state index contributed by atoms with van der Waals surface area (Å²) in [7, 11) is 5.93. The van der Waals surface area contributed by atoms with Crippen molar-refractivity contribution < 1.29 is 32.1 Å². The topological polar surface area (TPSA) is 65.9 Å². The lowest BCUT2D eigenvalue weighted by Gasteiger charge is -2.24. The second kappa shape index (κ2) is 7.90. The first-order chi connectivity index (χ1) is 13.8. The van der Waals surface area contributed by atoms with Gasteiger partial charge in [0, 0.05) is 13.1 Å². The van der Waals surface area contributed by atoms with Gasteiger partial charge >= 0.3 is 6.36 Å². The Labute approximate surface area is 164 Å². The van der Waals surface area contributed by atoms with E-state index >= 15 is 0 Å². The number of anilines is 2. The third kappa shape index (κ3) is 3.91. The molecule has 0 saturated carbocycles. The van der Waals surface area contributed by atoms with Crippen molar-refractivity contribution in [2.45, 2.75) is 6.36 Å². The molecule has 0 radical (unpaired) electrons. The van der Waals surface area contributed by atoms with E-state index in [1.165, 1.54) is 50.8 Å². The number of rotatable bonds is 6. The minimum absolute atomic E-state index is 0.154. The fourth-order valence-electron chi connectivity index (χ4n) is 2.99. The molecule has 10 heteroatoms. The maximum atomic E-state index is 12.8. The van der Waals surface area contributed by atoms with E-state index in [0.717, 1.165) is 0 Å². The molecule has 0 aliphatic rings. The van der Waals surface area contributed by atoms with Gasteiger partial charge in [0.05, 0.1) is 37.9 Å². The highest BCUT2D eigenvalue weighted by molar-refractivity contribution is 6.00. The number of methoxy groups -OCH3 is 3.